The molecule has 3 aromatic rings. The number of hydrogen-bond donors (Lipinski definition) is 0. The maximum absolute atomic E-state index is 4.07. The summed E-state index contributed by atoms with van der Waals surface area (Å²) in [7, 11) is 2.10. The standard InChI is InChI=1S/C20H21N2/c1-16(2)14-22-15-21(3)19(17-10-6-4-7-11-17)20(22)18-12-8-5-9-13-18/h4-13,15H,1,14H2,2-3H3/q+1. The van der Waals surface area contributed by atoms with E-state index in [1.165, 1.54) is 22.5 Å². The Bertz CT molecular complexity index is 783. The van der Waals surface area contributed by atoms with Gasteiger partial charge in [0, 0.05) is 11.1 Å². The van der Waals surface area contributed by atoms with E-state index in [4.69, 9.17) is 0 Å². The zero-order valence-corrected chi connectivity index (χ0v) is 13.2. The van der Waals surface area contributed by atoms with E-state index in [1.807, 2.05) is 0 Å². The van der Waals surface area contributed by atoms with E-state index in [9.17, 15) is 0 Å². The molecule has 1 heterocycles. The van der Waals surface area contributed by atoms with Crippen molar-refractivity contribution < 1.29 is 4.57 Å². The number of hydrogen-bond acceptors (Lipinski definition) is 0. The smallest absolute Gasteiger partial charge is 0.232 e. The van der Waals surface area contributed by atoms with Crippen molar-refractivity contribution in [3.63, 3.8) is 0 Å². The molecule has 0 amide bonds. The predicted octanol–water partition coefficient (Wildman–Crippen LogP) is 4.22. The molecule has 1 aromatic heterocycles. The first-order valence-electron chi connectivity index (χ1n) is 7.51. The van der Waals surface area contributed by atoms with Crippen LogP contribution in [0.1, 0.15) is 6.92 Å². The third kappa shape index (κ3) is 2.73. The van der Waals surface area contributed by atoms with E-state index < -0.39 is 0 Å². The Labute approximate surface area is 132 Å². The maximum Gasteiger partial charge on any atom is 0.244 e. The fourth-order valence-electron chi connectivity index (χ4n) is 2.87. The minimum atomic E-state index is 0.824. The van der Waals surface area contributed by atoms with Gasteiger partial charge in [-0.2, -0.15) is 0 Å². The van der Waals surface area contributed by atoms with Crippen LogP contribution in [0.25, 0.3) is 22.5 Å². The molecular formula is C20H21N2+. The van der Waals surface area contributed by atoms with Crippen LogP contribution in [-0.4, -0.2) is 4.57 Å². The summed E-state index contributed by atoms with van der Waals surface area (Å²) < 4.78 is 4.47. The molecule has 0 N–H and O–H groups in total. The summed E-state index contributed by atoms with van der Waals surface area (Å²) >= 11 is 0. The van der Waals surface area contributed by atoms with Crippen molar-refractivity contribution in [3.8, 4) is 22.5 Å². The van der Waals surface area contributed by atoms with Crippen LogP contribution in [0.4, 0.5) is 0 Å². The van der Waals surface area contributed by atoms with Crippen LogP contribution < -0.4 is 4.57 Å². The largest absolute Gasteiger partial charge is 0.244 e. The highest BCUT2D eigenvalue weighted by atomic mass is 15.1. The van der Waals surface area contributed by atoms with Crippen molar-refractivity contribution in [3.05, 3.63) is 79.1 Å². The van der Waals surface area contributed by atoms with E-state index in [-0.39, 0.29) is 0 Å². The van der Waals surface area contributed by atoms with E-state index in [2.05, 4.69) is 96.7 Å². The highest BCUT2D eigenvalue weighted by molar-refractivity contribution is 5.76. The summed E-state index contributed by atoms with van der Waals surface area (Å²) in [5, 5.41) is 0. The molecule has 0 spiro atoms. The normalized spacial score (nSPS) is 10.6. The lowest BCUT2D eigenvalue weighted by Gasteiger charge is -2.05. The molecule has 0 saturated heterocycles. The Morgan fingerprint density at radius 3 is 2.05 bits per heavy atom. The molecule has 0 aliphatic rings. The zero-order chi connectivity index (χ0) is 15.5. The first-order chi connectivity index (χ1) is 10.7. The molecule has 110 valence electrons. The SMILES string of the molecule is C=C(C)Cn1c[n+](C)c(-c2ccccc2)c1-c1ccccc1. The van der Waals surface area contributed by atoms with Crippen LogP contribution >= 0.6 is 0 Å². The Balaban J connectivity index is 2.25. The summed E-state index contributed by atoms with van der Waals surface area (Å²) in [4.78, 5) is 0. The molecule has 0 bridgehead atoms. The van der Waals surface area contributed by atoms with Gasteiger partial charge in [0.1, 0.15) is 6.54 Å². The second-order valence-corrected chi connectivity index (χ2v) is 5.74. The van der Waals surface area contributed by atoms with Gasteiger partial charge in [0.2, 0.25) is 6.33 Å². The Kier molecular flexibility index (Phi) is 3.92. The summed E-state index contributed by atoms with van der Waals surface area (Å²) in [6.07, 6.45) is 2.15. The molecule has 0 unspecified atom stereocenters. The highest BCUT2D eigenvalue weighted by Crippen LogP contribution is 2.30. The molecule has 2 aromatic carbocycles. The minimum absolute atomic E-state index is 0.824. The van der Waals surface area contributed by atoms with Crippen LogP contribution in [0.5, 0.6) is 0 Å². The molecular weight excluding hydrogens is 268 g/mol. The van der Waals surface area contributed by atoms with E-state index >= 15 is 0 Å². The van der Waals surface area contributed by atoms with Gasteiger partial charge in [0.25, 0.3) is 0 Å². The number of benzene rings is 2. The van der Waals surface area contributed by atoms with Crippen molar-refractivity contribution >= 4 is 0 Å². The topological polar surface area (TPSA) is 8.81 Å². The molecule has 2 heteroatoms. The van der Waals surface area contributed by atoms with Gasteiger partial charge >= 0.3 is 0 Å². The molecule has 0 atom stereocenters. The van der Waals surface area contributed by atoms with E-state index in [1.54, 1.807) is 0 Å². The summed E-state index contributed by atoms with van der Waals surface area (Å²) in [6, 6.07) is 21.1. The summed E-state index contributed by atoms with van der Waals surface area (Å²) in [6.45, 7) is 6.96. The minimum Gasteiger partial charge on any atom is -0.232 e. The predicted molar refractivity (Wildman–Crippen MR) is 91.3 cm³/mol. The van der Waals surface area contributed by atoms with Gasteiger partial charge < -0.3 is 0 Å². The third-order valence-corrected chi connectivity index (χ3v) is 3.71. The number of aromatic nitrogens is 2. The number of imidazole rings is 1. The lowest BCUT2D eigenvalue weighted by atomic mass is 10.0. The van der Waals surface area contributed by atoms with Crippen LogP contribution in [0, 0.1) is 0 Å². The average Bonchev–Trinajstić information content (AvgIpc) is 2.84. The third-order valence-electron chi connectivity index (χ3n) is 3.71. The van der Waals surface area contributed by atoms with Crippen molar-refractivity contribution in [1.82, 2.24) is 4.57 Å². The number of rotatable bonds is 4. The van der Waals surface area contributed by atoms with Crippen molar-refractivity contribution in [2.75, 3.05) is 0 Å². The maximum atomic E-state index is 4.07. The van der Waals surface area contributed by atoms with E-state index in [0.29, 0.717) is 0 Å². The van der Waals surface area contributed by atoms with Crippen LogP contribution in [-0.2, 0) is 13.6 Å². The monoisotopic (exact) mass is 289 g/mol. The molecule has 0 radical (unpaired) electrons. The van der Waals surface area contributed by atoms with Crippen molar-refractivity contribution in [1.29, 1.82) is 0 Å². The second kappa shape index (κ2) is 6.02. The fourth-order valence-corrected chi connectivity index (χ4v) is 2.87. The summed E-state index contributed by atoms with van der Waals surface area (Å²) in [5.41, 5.74) is 6.06. The Morgan fingerprint density at radius 1 is 0.955 bits per heavy atom. The van der Waals surface area contributed by atoms with Crippen LogP contribution in [0.2, 0.25) is 0 Å². The van der Waals surface area contributed by atoms with Crippen molar-refractivity contribution in [2.24, 2.45) is 7.05 Å². The highest BCUT2D eigenvalue weighted by Gasteiger charge is 2.23. The average molecular weight is 289 g/mol. The first kappa shape index (κ1) is 14.3. The molecule has 2 nitrogen and oxygen atoms in total. The lowest BCUT2D eigenvalue weighted by molar-refractivity contribution is -0.660. The molecule has 3 rings (SSSR count). The quantitative estimate of drug-likeness (QED) is 0.502. The van der Waals surface area contributed by atoms with E-state index in [0.717, 1.165) is 12.1 Å². The van der Waals surface area contributed by atoms with Gasteiger partial charge in [-0.25, -0.2) is 9.13 Å². The fraction of sp³-hybridized carbons (Fsp3) is 0.150. The number of allylic oxidation sites excluding steroid dienone is 1. The molecule has 22 heavy (non-hydrogen) atoms. The molecule has 0 saturated carbocycles. The van der Waals surface area contributed by atoms with Gasteiger partial charge in [-0.1, -0.05) is 67.2 Å². The number of nitrogens with zero attached hydrogens (tertiary/aromatic N) is 2. The summed E-state index contributed by atoms with van der Waals surface area (Å²) in [5.74, 6) is 0. The van der Waals surface area contributed by atoms with Gasteiger partial charge in [-0.05, 0) is 12.5 Å². The second-order valence-electron chi connectivity index (χ2n) is 5.74. The van der Waals surface area contributed by atoms with Crippen LogP contribution in [0.3, 0.4) is 0 Å². The van der Waals surface area contributed by atoms with Gasteiger partial charge in [0.15, 0.2) is 11.4 Å². The van der Waals surface area contributed by atoms with Crippen molar-refractivity contribution in [2.45, 2.75) is 13.5 Å². The Hall–Kier alpha value is -2.61. The lowest BCUT2D eigenvalue weighted by Crippen LogP contribution is -2.27. The van der Waals surface area contributed by atoms with Crippen LogP contribution in [0.15, 0.2) is 79.1 Å². The first-order valence-corrected chi connectivity index (χ1v) is 7.51. The Morgan fingerprint density at radius 2 is 1.50 bits per heavy atom. The zero-order valence-electron chi connectivity index (χ0n) is 13.2. The van der Waals surface area contributed by atoms with Gasteiger partial charge in [-0.3, -0.25) is 0 Å². The molecule has 0 aliphatic heterocycles. The molecule has 0 aliphatic carbocycles. The molecule has 0 fully saturated rings. The number of aryl methyl sites for hydroxylation is 1. The van der Waals surface area contributed by atoms with Gasteiger partial charge in [-0.15, -0.1) is 0 Å². The van der Waals surface area contributed by atoms with Gasteiger partial charge in [0.05, 0.1) is 7.05 Å².